The Morgan fingerprint density at radius 3 is 2.31 bits per heavy atom. The largest absolute Gasteiger partial charge is 0.480 e. The van der Waals surface area contributed by atoms with Crippen molar-refractivity contribution >= 4 is 17.8 Å². The van der Waals surface area contributed by atoms with Gasteiger partial charge in [0.2, 0.25) is 11.8 Å². The van der Waals surface area contributed by atoms with Crippen LogP contribution >= 0.6 is 0 Å². The minimum Gasteiger partial charge on any atom is -0.480 e. The van der Waals surface area contributed by atoms with Crippen molar-refractivity contribution in [2.75, 3.05) is 20.6 Å². The molecule has 0 fully saturated rings. The Morgan fingerprint density at radius 2 is 1.88 bits per heavy atom. The topological polar surface area (TPSA) is 113 Å². The maximum atomic E-state index is 11.2. The fourth-order valence-electron chi connectivity index (χ4n) is 0.844. The monoisotopic (exact) mass is 231 g/mol. The van der Waals surface area contributed by atoms with E-state index >= 15 is 0 Å². The Kier molecular flexibility index (Phi) is 6.09. The predicted molar refractivity (Wildman–Crippen MR) is 56.5 cm³/mol. The van der Waals surface area contributed by atoms with Crippen molar-refractivity contribution in [3.05, 3.63) is 0 Å². The molecule has 16 heavy (non-hydrogen) atoms. The Morgan fingerprint density at radius 1 is 1.31 bits per heavy atom. The highest BCUT2D eigenvalue weighted by Crippen LogP contribution is 1.93. The first-order valence-electron chi connectivity index (χ1n) is 4.79. The van der Waals surface area contributed by atoms with E-state index in [-0.39, 0.29) is 31.2 Å². The fraction of sp³-hybridized carbons (Fsp3) is 0.667. The van der Waals surface area contributed by atoms with Crippen LogP contribution in [-0.4, -0.2) is 54.5 Å². The van der Waals surface area contributed by atoms with Gasteiger partial charge in [-0.1, -0.05) is 0 Å². The van der Waals surface area contributed by atoms with E-state index in [0.29, 0.717) is 0 Å². The first-order valence-corrected chi connectivity index (χ1v) is 4.79. The lowest BCUT2D eigenvalue weighted by molar-refractivity contribution is -0.138. The quantitative estimate of drug-likeness (QED) is 0.508. The van der Waals surface area contributed by atoms with E-state index in [0.717, 1.165) is 0 Å². The summed E-state index contributed by atoms with van der Waals surface area (Å²) in [6.45, 7) is -0.135. The third kappa shape index (κ3) is 5.97. The third-order valence-electron chi connectivity index (χ3n) is 1.90. The van der Waals surface area contributed by atoms with Gasteiger partial charge in [-0.25, -0.2) is 0 Å². The van der Waals surface area contributed by atoms with Gasteiger partial charge in [-0.15, -0.1) is 0 Å². The molecule has 0 spiro atoms. The maximum absolute atomic E-state index is 11.2. The Bertz CT molecular complexity index is 278. The van der Waals surface area contributed by atoms with E-state index in [1.54, 1.807) is 14.1 Å². The molecule has 0 bridgehead atoms. The highest BCUT2D eigenvalue weighted by Gasteiger charge is 2.13. The molecule has 0 saturated heterocycles. The van der Waals surface area contributed by atoms with Crippen molar-refractivity contribution < 1.29 is 19.5 Å². The second kappa shape index (κ2) is 6.78. The molecule has 0 heterocycles. The number of amides is 2. The zero-order valence-electron chi connectivity index (χ0n) is 9.40. The van der Waals surface area contributed by atoms with E-state index in [1.807, 2.05) is 0 Å². The molecule has 7 heteroatoms. The van der Waals surface area contributed by atoms with Gasteiger partial charge in [0.25, 0.3) is 0 Å². The molecule has 0 rings (SSSR count). The predicted octanol–water partition coefficient (Wildman–Crippen LogP) is -1.62. The van der Waals surface area contributed by atoms with Gasteiger partial charge in [0.15, 0.2) is 0 Å². The van der Waals surface area contributed by atoms with Gasteiger partial charge in [-0.2, -0.15) is 0 Å². The molecule has 0 unspecified atom stereocenters. The smallest absolute Gasteiger partial charge is 0.322 e. The van der Waals surface area contributed by atoms with Crippen molar-refractivity contribution in [3.8, 4) is 0 Å². The molecule has 0 aromatic carbocycles. The van der Waals surface area contributed by atoms with Crippen molar-refractivity contribution in [2.45, 2.75) is 18.9 Å². The lowest BCUT2D eigenvalue weighted by Crippen LogP contribution is -2.42. The number of hydrogen-bond acceptors (Lipinski definition) is 4. The Labute approximate surface area is 93.6 Å². The van der Waals surface area contributed by atoms with Gasteiger partial charge in [-0.05, 0) is 0 Å². The zero-order chi connectivity index (χ0) is 12.7. The summed E-state index contributed by atoms with van der Waals surface area (Å²) < 4.78 is 0. The van der Waals surface area contributed by atoms with Crippen LogP contribution in [0.2, 0.25) is 0 Å². The lowest BCUT2D eigenvalue weighted by atomic mass is 10.2. The normalized spacial score (nSPS) is 11.7. The van der Waals surface area contributed by atoms with Crippen molar-refractivity contribution in [1.29, 1.82) is 0 Å². The van der Waals surface area contributed by atoms with Crippen LogP contribution in [0.4, 0.5) is 0 Å². The summed E-state index contributed by atoms with van der Waals surface area (Å²) >= 11 is 0. The molecule has 0 aliphatic rings. The molecule has 4 N–H and O–H groups in total. The number of rotatable bonds is 6. The molecule has 2 amide bonds. The minimum atomic E-state index is -1.18. The number of hydrogen-bond donors (Lipinski definition) is 3. The number of nitrogens with one attached hydrogen (secondary N) is 1. The van der Waals surface area contributed by atoms with Crippen molar-refractivity contribution in [3.63, 3.8) is 0 Å². The SMILES string of the molecule is CN(C)C(=O)CCC(=O)NC[C@H](N)C(=O)O. The standard InChI is InChI=1S/C9H17N3O4/c1-12(2)8(14)4-3-7(13)11-5-6(10)9(15)16/h6H,3-5,10H2,1-2H3,(H,11,13)(H,15,16)/t6-/m0/s1. The van der Waals surface area contributed by atoms with Crippen LogP contribution in [0.1, 0.15) is 12.8 Å². The number of nitrogens with zero attached hydrogens (tertiary/aromatic N) is 1. The molecule has 1 atom stereocenters. The Balaban J connectivity index is 3.76. The summed E-state index contributed by atoms with van der Waals surface area (Å²) in [5, 5.41) is 10.8. The summed E-state index contributed by atoms with van der Waals surface area (Å²) in [4.78, 5) is 34.0. The van der Waals surface area contributed by atoms with Gasteiger partial charge in [0, 0.05) is 33.5 Å². The minimum absolute atomic E-state index is 0.0311. The molecule has 0 saturated carbocycles. The first-order chi connectivity index (χ1) is 7.34. The highest BCUT2D eigenvalue weighted by molar-refractivity contribution is 5.84. The van der Waals surface area contributed by atoms with Crippen LogP contribution in [0, 0.1) is 0 Å². The molecular weight excluding hydrogens is 214 g/mol. The molecule has 0 aromatic heterocycles. The maximum Gasteiger partial charge on any atom is 0.322 e. The van der Waals surface area contributed by atoms with E-state index < -0.39 is 12.0 Å². The fourth-order valence-corrected chi connectivity index (χ4v) is 0.844. The van der Waals surface area contributed by atoms with Gasteiger partial charge in [-0.3, -0.25) is 14.4 Å². The van der Waals surface area contributed by atoms with Crippen LogP contribution in [0.3, 0.4) is 0 Å². The summed E-state index contributed by atoms with van der Waals surface area (Å²) in [5.74, 6) is -1.71. The van der Waals surface area contributed by atoms with Gasteiger partial charge in [0.1, 0.15) is 6.04 Å². The second-order valence-electron chi connectivity index (χ2n) is 3.54. The van der Waals surface area contributed by atoms with Crippen LogP contribution < -0.4 is 11.1 Å². The van der Waals surface area contributed by atoms with E-state index in [4.69, 9.17) is 10.8 Å². The van der Waals surface area contributed by atoms with Crippen LogP contribution in [-0.2, 0) is 14.4 Å². The number of carbonyl (C=O) groups is 3. The number of carbonyl (C=O) groups excluding carboxylic acids is 2. The molecule has 0 aliphatic heterocycles. The van der Waals surface area contributed by atoms with Crippen LogP contribution in [0.15, 0.2) is 0 Å². The molecule has 0 aromatic rings. The van der Waals surface area contributed by atoms with Gasteiger partial charge in [0.05, 0.1) is 0 Å². The number of carboxylic acids is 1. The summed E-state index contributed by atoms with van der Waals surface area (Å²) in [6.07, 6.45) is 0.129. The van der Waals surface area contributed by atoms with Crippen molar-refractivity contribution in [1.82, 2.24) is 10.2 Å². The van der Waals surface area contributed by atoms with E-state index in [9.17, 15) is 14.4 Å². The van der Waals surface area contributed by atoms with Crippen molar-refractivity contribution in [2.24, 2.45) is 5.73 Å². The average Bonchev–Trinajstić information content (AvgIpc) is 2.21. The first kappa shape index (κ1) is 14.4. The Hall–Kier alpha value is -1.63. The van der Waals surface area contributed by atoms with Gasteiger partial charge < -0.3 is 21.1 Å². The van der Waals surface area contributed by atoms with Gasteiger partial charge >= 0.3 is 5.97 Å². The van der Waals surface area contributed by atoms with Crippen LogP contribution in [0.5, 0.6) is 0 Å². The molecule has 0 aliphatic carbocycles. The lowest BCUT2D eigenvalue weighted by Gasteiger charge is -2.11. The van der Waals surface area contributed by atoms with E-state index in [2.05, 4.69) is 5.32 Å². The molecule has 0 radical (unpaired) electrons. The number of carboxylic acid groups (broad SMARTS) is 1. The molecular formula is C9H17N3O4. The number of nitrogens with two attached hydrogens (primary N) is 1. The summed E-state index contributed by atoms with van der Waals surface area (Å²) in [7, 11) is 3.20. The number of aliphatic carboxylic acids is 1. The van der Waals surface area contributed by atoms with E-state index in [1.165, 1.54) is 4.90 Å². The second-order valence-corrected chi connectivity index (χ2v) is 3.54. The highest BCUT2D eigenvalue weighted by atomic mass is 16.4. The van der Waals surface area contributed by atoms with Crippen LogP contribution in [0.25, 0.3) is 0 Å². The summed E-state index contributed by atoms with van der Waals surface area (Å²) in [6, 6.07) is -1.12. The molecule has 92 valence electrons. The average molecular weight is 231 g/mol. The summed E-state index contributed by atoms with van der Waals surface area (Å²) in [5.41, 5.74) is 5.18. The molecule has 7 nitrogen and oxygen atoms in total. The third-order valence-corrected chi connectivity index (χ3v) is 1.90. The zero-order valence-corrected chi connectivity index (χ0v) is 9.40.